The van der Waals surface area contributed by atoms with E-state index >= 15 is 0 Å². The summed E-state index contributed by atoms with van der Waals surface area (Å²) in [5, 5.41) is 0.677. The molecule has 4 nitrogen and oxygen atoms in total. The summed E-state index contributed by atoms with van der Waals surface area (Å²) in [7, 11) is 0. The lowest BCUT2D eigenvalue weighted by Crippen LogP contribution is -2.37. The third kappa shape index (κ3) is 3.28. The molecule has 4 rings (SSSR count). The molecule has 1 saturated heterocycles. The number of H-pyrrole nitrogens is 1. The number of nitrogens with zero attached hydrogens (tertiary/aromatic N) is 1. The second-order valence-electron chi connectivity index (χ2n) is 6.26. The number of fused-ring (bicyclic) bond motifs is 1. The van der Waals surface area contributed by atoms with Crippen molar-refractivity contribution in [2.75, 3.05) is 31.2 Å². The number of benzene rings is 2. The first-order chi connectivity index (χ1) is 12.2. The Balaban J connectivity index is 1.77. The Labute approximate surface area is 144 Å². The number of nitrogens with one attached hydrogen (secondary N) is 1. The zero-order chi connectivity index (χ0) is 17.2. The van der Waals surface area contributed by atoms with Gasteiger partial charge in [-0.1, -0.05) is 24.3 Å². The van der Waals surface area contributed by atoms with Crippen LogP contribution in [0, 0.1) is 5.82 Å². The van der Waals surface area contributed by atoms with Gasteiger partial charge < -0.3 is 14.6 Å². The maximum atomic E-state index is 13.1. The van der Waals surface area contributed by atoms with Crippen LogP contribution >= 0.6 is 0 Å². The van der Waals surface area contributed by atoms with E-state index in [1.54, 1.807) is 18.2 Å². The minimum absolute atomic E-state index is 0.0104. The summed E-state index contributed by atoms with van der Waals surface area (Å²) in [4.78, 5) is 18.1. The molecule has 0 spiro atoms. The van der Waals surface area contributed by atoms with Gasteiger partial charge in [0.2, 0.25) is 0 Å². The second kappa shape index (κ2) is 6.69. The lowest BCUT2D eigenvalue weighted by atomic mass is 10.0. The minimum Gasteiger partial charge on any atom is -0.378 e. The van der Waals surface area contributed by atoms with Crippen molar-refractivity contribution < 1.29 is 9.13 Å². The summed E-state index contributed by atoms with van der Waals surface area (Å²) < 4.78 is 18.5. The average Bonchev–Trinajstić information content (AvgIpc) is 2.65. The highest BCUT2D eigenvalue weighted by atomic mass is 19.1. The Morgan fingerprint density at radius 1 is 1.08 bits per heavy atom. The van der Waals surface area contributed by atoms with Crippen LogP contribution in [0.1, 0.15) is 11.1 Å². The Morgan fingerprint density at radius 3 is 2.60 bits per heavy atom. The standard InChI is InChI=1S/C20H19FN2O2/c21-16-6-4-14(5-7-16)12-15-2-1-3-17-18(24)13-19(22-20(15)17)23-8-10-25-11-9-23/h1-7,13H,8-12H2,(H,22,24). The fraction of sp³-hybridized carbons (Fsp3) is 0.250. The van der Waals surface area contributed by atoms with E-state index in [2.05, 4.69) is 9.88 Å². The van der Waals surface area contributed by atoms with Gasteiger partial charge >= 0.3 is 0 Å². The Bertz CT molecular complexity index is 944. The van der Waals surface area contributed by atoms with E-state index in [9.17, 15) is 9.18 Å². The van der Waals surface area contributed by atoms with E-state index in [0.29, 0.717) is 25.0 Å². The monoisotopic (exact) mass is 338 g/mol. The number of rotatable bonds is 3. The van der Waals surface area contributed by atoms with Gasteiger partial charge in [0, 0.05) is 24.5 Å². The predicted octanol–water partition coefficient (Wildman–Crippen LogP) is 3.09. The Kier molecular flexibility index (Phi) is 4.24. The van der Waals surface area contributed by atoms with E-state index in [4.69, 9.17) is 4.74 Å². The summed E-state index contributed by atoms with van der Waals surface area (Å²) in [6, 6.07) is 13.9. The molecular weight excluding hydrogens is 319 g/mol. The SMILES string of the molecule is O=c1cc(N2CCOCC2)[nH]c2c(Cc3ccc(F)cc3)cccc12. The van der Waals surface area contributed by atoms with E-state index in [1.165, 1.54) is 12.1 Å². The zero-order valence-corrected chi connectivity index (χ0v) is 13.8. The molecule has 1 fully saturated rings. The number of anilines is 1. The van der Waals surface area contributed by atoms with Crippen molar-refractivity contribution in [2.45, 2.75) is 6.42 Å². The van der Waals surface area contributed by atoms with Crippen LogP contribution in [0.5, 0.6) is 0 Å². The highest BCUT2D eigenvalue weighted by Gasteiger charge is 2.14. The molecule has 1 aromatic heterocycles. The van der Waals surface area contributed by atoms with Gasteiger partial charge in [-0.15, -0.1) is 0 Å². The van der Waals surface area contributed by atoms with Crippen molar-refractivity contribution in [3.8, 4) is 0 Å². The topological polar surface area (TPSA) is 45.3 Å². The molecule has 0 amide bonds. The van der Waals surface area contributed by atoms with Gasteiger partial charge in [-0.05, 0) is 35.7 Å². The van der Waals surface area contributed by atoms with E-state index in [1.807, 2.05) is 18.2 Å². The van der Waals surface area contributed by atoms with Gasteiger partial charge in [-0.25, -0.2) is 4.39 Å². The molecule has 0 saturated carbocycles. The number of hydrogen-bond acceptors (Lipinski definition) is 3. The second-order valence-corrected chi connectivity index (χ2v) is 6.26. The molecule has 0 bridgehead atoms. The Morgan fingerprint density at radius 2 is 1.84 bits per heavy atom. The summed E-state index contributed by atoms with van der Waals surface area (Å²) in [6.45, 7) is 2.86. The van der Waals surface area contributed by atoms with Crippen LogP contribution in [0.25, 0.3) is 10.9 Å². The smallest absolute Gasteiger partial charge is 0.191 e. The van der Waals surface area contributed by atoms with Crippen molar-refractivity contribution in [2.24, 2.45) is 0 Å². The number of para-hydroxylation sites is 1. The predicted molar refractivity (Wildman–Crippen MR) is 96.8 cm³/mol. The molecule has 25 heavy (non-hydrogen) atoms. The third-order valence-corrected chi connectivity index (χ3v) is 4.60. The maximum absolute atomic E-state index is 13.1. The minimum atomic E-state index is -0.246. The fourth-order valence-electron chi connectivity index (χ4n) is 3.26. The maximum Gasteiger partial charge on any atom is 0.191 e. The molecule has 2 heterocycles. The Hall–Kier alpha value is -2.66. The van der Waals surface area contributed by atoms with Crippen LogP contribution in [0.3, 0.4) is 0 Å². The van der Waals surface area contributed by atoms with Crippen LogP contribution in [-0.2, 0) is 11.2 Å². The van der Waals surface area contributed by atoms with Crippen LogP contribution < -0.4 is 10.3 Å². The van der Waals surface area contributed by atoms with Gasteiger partial charge in [0.15, 0.2) is 5.43 Å². The third-order valence-electron chi connectivity index (χ3n) is 4.60. The molecular formula is C20H19FN2O2. The van der Waals surface area contributed by atoms with E-state index in [0.717, 1.165) is 35.6 Å². The first-order valence-electron chi connectivity index (χ1n) is 8.43. The number of halogens is 1. The van der Waals surface area contributed by atoms with Crippen molar-refractivity contribution in [3.63, 3.8) is 0 Å². The molecule has 0 unspecified atom stereocenters. The summed E-state index contributed by atoms with van der Waals surface area (Å²) in [5.74, 6) is 0.581. The number of aromatic amines is 1. The molecule has 0 atom stereocenters. The average molecular weight is 338 g/mol. The molecule has 0 aliphatic carbocycles. The normalized spacial score (nSPS) is 14.8. The highest BCUT2D eigenvalue weighted by Crippen LogP contribution is 2.21. The lowest BCUT2D eigenvalue weighted by molar-refractivity contribution is 0.122. The summed E-state index contributed by atoms with van der Waals surface area (Å²) >= 11 is 0. The molecule has 5 heteroatoms. The first-order valence-corrected chi connectivity index (χ1v) is 8.43. The molecule has 128 valence electrons. The van der Waals surface area contributed by atoms with Crippen LogP contribution in [0.4, 0.5) is 10.2 Å². The molecule has 0 radical (unpaired) electrons. The van der Waals surface area contributed by atoms with Gasteiger partial charge in [0.25, 0.3) is 0 Å². The van der Waals surface area contributed by atoms with Crippen molar-refractivity contribution in [1.82, 2.24) is 4.98 Å². The number of pyridine rings is 1. The van der Waals surface area contributed by atoms with Crippen LogP contribution in [0.15, 0.2) is 53.3 Å². The lowest BCUT2D eigenvalue weighted by Gasteiger charge is -2.28. The van der Waals surface area contributed by atoms with Gasteiger partial charge in [0.1, 0.15) is 11.6 Å². The summed E-state index contributed by atoms with van der Waals surface area (Å²) in [6.07, 6.45) is 0.639. The molecule has 1 N–H and O–H groups in total. The molecule has 3 aromatic rings. The largest absolute Gasteiger partial charge is 0.378 e. The molecule has 2 aromatic carbocycles. The first kappa shape index (κ1) is 15.8. The van der Waals surface area contributed by atoms with Crippen LogP contribution in [0.2, 0.25) is 0 Å². The van der Waals surface area contributed by atoms with Crippen molar-refractivity contribution >= 4 is 16.7 Å². The number of morpholine rings is 1. The van der Waals surface area contributed by atoms with Crippen molar-refractivity contribution in [1.29, 1.82) is 0 Å². The molecule has 1 aliphatic rings. The zero-order valence-electron chi connectivity index (χ0n) is 13.8. The number of ether oxygens (including phenoxy) is 1. The fourth-order valence-corrected chi connectivity index (χ4v) is 3.26. The van der Waals surface area contributed by atoms with E-state index in [-0.39, 0.29) is 11.2 Å². The van der Waals surface area contributed by atoms with Gasteiger partial charge in [-0.2, -0.15) is 0 Å². The number of hydrogen-bond donors (Lipinski definition) is 1. The van der Waals surface area contributed by atoms with E-state index < -0.39 is 0 Å². The quantitative estimate of drug-likeness (QED) is 0.798. The highest BCUT2D eigenvalue weighted by molar-refractivity contribution is 5.83. The molecule has 1 aliphatic heterocycles. The number of aromatic nitrogens is 1. The van der Waals surface area contributed by atoms with Gasteiger partial charge in [-0.3, -0.25) is 4.79 Å². The van der Waals surface area contributed by atoms with Crippen LogP contribution in [-0.4, -0.2) is 31.3 Å². The van der Waals surface area contributed by atoms with Gasteiger partial charge in [0.05, 0.1) is 18.7 Å². The summed E-state index contributed by atoms with van der Waals surface area (Å²) in [5.41, 5.74) is 2.89. The van der Waals surface area contributed by atoms with Crippen molar-refractivity contribution in [3.05, 3.63) is 75.7 Å².